The lowest BCUT2D eigenvalue weighted by Gasteiger charge is -2.34. The molecule has 0 saturated heterocycles. The van der Waals surface area contributed by atoms with Crippen molar-refractivity contribution in [2.45, 2.75) is 70.8 Å². The second kappa shape index (κ2) is 8.63. The first-order valence-electron chi connectivity index (χ1n) is 8.03. The monoisotopic (exact) mass is 286 g/mol. The van der Waals surface area contributed by atoms with E-state index >= 15 is 0 Å². The third kappa shape index (κ3) is 5.80. The molecule has 0 aromatic heterocycles. The maximum absolute atomic E-state index is 10.9. The summed E-state index contributed by atoms with van der Waals surface area (Å²) in [4.78, 5) is 10.9. The van der Waals surface area contributed by atoms with Crippen LogP contribution < -0.4 is 0 Å². The van der Waals surface area contributed by atoms with Crippen molar-refractivity contribution in [2.24, 2.45) is 11.8 Å². The van der Waals surface area contributed by atoms with Gasteiger partial charge in [-0.1, -0.05) is 33.1 Å². The number of ether oxygens (including phenoxy) is 1. The van der Waals surface area contributed by atoms with Crippen molar-refractivity contribution in [2.75, 3.05) is 13.2 Å². The first-order valence-corrected chi connectivity index (χ1v) is 8.03. The Kier molecular flexibility index (Phi) is 7.52. The van der Waals surface area contributed by atoms with Gasteiger partial charge in [-0.2, -0.15) is 0 Å². The molecule has 0 aromatic rings. The number of aliphatic carboxylic acids is 1. The minimum absolute atomic E-state index is 0.289. The van der Waals surface area contributed by atoms with E-state index in [0.717, 1.165) is 6.42 Å². The SMILES string of the molecule is CCCCC(CC)COCC1(O)CCC(C(=O)O)CC1. The van der Waals surface area contributed by atoms with E-state index < -0.39 is 11.6 Å². The fourth-order valence-corrected chi connectivity index (χ4v) is 2.86. The van der Waals surface area contributed by atoms with E-state index in [4.69, 9.17) is 9.84 Å². The average Bonchev–Trinajstić information content (AvgIpc) is 2.43. The van der Waals surface area contributed by atoms with Gasteiger partial charge in [0.15, 0.2) is 0 Å². The topological polar surface area (TPSA) is 66.8 Å². The highest BCUT2D eigenvalue weighted by Crippen LogP contribution is 2.32. The Labute approximate surface area is 122 Å². The number of aliphatic hydroxyl groups is 1. The average molecular weight is 286 g/mol. The van der Waals surface area contributed by atoms with Gasteiger partial charge in [0.05, 0.1) is 18.1 Å². The number of carbonyl (C=O) groups is 1. The van der Waals surface area contributed by atoms with Crippen molar-refractivity contribution >= 4 is 5.97 Å². The molecule has 4 heteroatoms. The lowest BCUT2D eigenvalue weighted by atomic mass is 9.79. The van der Waals surface area contributed by atoms with Gasteiger partial charge in [-0.25, -0.2) is 0 Å². The second-order valence-electron chi connectivity index (χ2n) is 6.27. The fraction of sp³-hybridized carbons (Fsp3) is 0.938. The summed E-state index contributed by atoms with van der Waals surface area (Å²) in [6.45, 7) is 5.43. The summed E-state index contributed by atoms with van der Waals surface area (Å²) in [5, 5.41) is 19.4. The van der Waals surface area contributed by atoms with Crippen LogP contribution in [0.25, 0.3) is 0 Å². The largest absolute Gasteiger partial charge is 0.481 e. The Morgan fingerprint density at radius 1 is 1.35 bits per heavy atom. The Morgan fingerprint density at radius 3 is 2.50 bits per heavy atom. The predicted octanol–water partition coefficient (Wildman–Crippen LogP) is 3.23. The molecular formula is C16H30O4. The third-order valence-corrected chi connectivity index (χ3v) is 4.53. The molecule has 1 aliphatic carbocycles. The maximum Gasteiger partial charge on any atom is 0.306 e. The van der Waals surface area contributed by atoms with Crippen LogP contribution in [0.2, 0.25) is 0 Å². The Hall–Kier alpha value is -0.610. The zero-order chi connectivity index (χ0) is 15.0. The number of hydrogen-bond acceptors (Lipinski definition) is 3. The van der Waals surface area contributed by atoms with Crippen molar-refractivity contribution in [1.29, 1.82) is 0 Å². The molecule has 2 N–H and O–H groups in total. The van der Waals surface area contributed by atoms with Crippen LogP contribution in [0.4, 0.5) is 0 Å². The highest BCUT2D eigenvalue weighted by Gasteiger charge is 2.36. The van der Waals surface area contributed by atoms with Crippen molar-refractivity contribution in [3.8, 4) is 0 Å². The number of hydrogen-bond donors (Lipinski definition) is 2. The standard InChI is InChI=1S/C16H30O4/c1-3-5-6-13(4-2)11-20-12-16(19)9-7-14(8-10-16)15(17)18/h13-14,19H,3-12H2,1-2H3,(H,17,18). The van der Waals surface area contributed by atoms with Crippen LogP contribution in [0.1, 0.15) is 65.2 Å². The normalized spacial score (nSPS) is 28.2. The summed E-state index contributed by atoms with van der Waals surface area (Å²) in [7, 11) is 0. The molecule has 1 unspecified atom stereocenters. The number of rotatable bonds is 9. The maximum atomic E-state index is 10.9. The van der Waals surface area contributed by atoms with Gasteiger partial charge in [-0.15, -0.1) is 0 Å². The molecule has 0 heterocycles. The molecule has 1 saturated carbocycles. The van der Waals surface area contributed by atoms with Crippen LogP contribution in [-0.2, 0) is 9.53 Å². The van der Waals surface area contributed by atoms with Gasteiger partial charge in [0, 0.05) is 6.61 Å². The second-order valence-corrected chi connectivity index (χ2v) is 6.27. The van der Waals surface area contributed by atoms with E-state index in [1.807, 2.05) is 0 Å². The summed E-state index contributed by atoms with van der Waals surface area (Å²) < 4.78 is 5.72. The summed E-state index contributed by atoms with van der Waals surface area (Å²) in [5.74, 6) is -0.448. The van der Waals surface area contributed by atoms with Gasteiger partial charge in [0.2, 0.25) is 0 Å². The van der Waals surface area contributed by atoms with Crippen molar-refractivity contribution in [3.05, 3.63) is 0 Å². The lowest BCUT2D eigenvalue weighted by Crippen LogP contribution is -2.40. The molecule has 0 radical (unpaired) electrons. The Bertz CT molecular complexity index is 282. The zero-order valence-corrected chi connectivity index (χ0v) is 12.9. The summed E-state index contributed by atoms with van der Waals surface area (Å²) in [6.07, 6.45) is 6.92. The van der Waals surface area contributed by atoms with Crippen LogP contribution in [0.3, 0.4) is 0 Å². The molecule has 0 spiro atoms. The Balaban J connectivity index is 2.25. The molecular weight excluding hydrogens is 256 g/mol. The first kappa shape index (κ1) is 17.4. The number of unbranched alkanes of at least 4 members (excludes halogenated alkanes) is 1. The fourth-order valence-electron chi connectivity index (χ4n) is 2.86. The lowest BCUT2D eigenvalue weighted by molar-refractivity contribution is -0.146. The van der Waals surface area contributed by atoms with Gasteiger partial charge >= 0.3 is 5.97 Å². The quantitative estimate of drug-likeness (QED) is 0.683. The van der Waals surface area contributed by atoms with Crippen molar-refractivity contribution < 1.29 is 19.7 Å². The summed E-state index contributed by atoms with van der Waals surface area (Å²) in [6, 6.07) is 0. The molecule has 4 nitrogen and oxygen atoms in total. The van der Waals surface area contributed by atoms with Crippen LogP contribution in [-0.4, -0.2) is 35.0 Å². The number of carboxylic acid groups (broad SMARTS) is 1. The predicted molar refractivity (Wildman–Crippen MR) is 78.7 cm³/mol. The van der Waals surface area contributed by atoms with Gasteiger partial charge in [0.25, 0.3) is 0 Å². The third-order valence-electron chi connectivity index (χ3n) is 4.53. The van der Waals surface area contributed by atoms with Gasteiger partial charge < -0.3 is 14.9 Å². The molecule has 1 aliphatic rings. The van der Waals surface area contributed by atoms with Gasteiger partial charge in [-0.3, -0.25) is 4.79 Å². The minimum atomic E-state index is -0.811. The highest BCUT2D eigenvalue weighted by atomic mass is 16.5. The first-order chi connectivity index (χ1) is 9.50. The van der Waals surface area contributed by atoms with Crippen LogP contribution in [0, 0.1) is 11.8 Å². The van der Waals surface area contributed by atoms with E-state index in [9.17, 15) is 9.90 Å². The molecule has 0 aromatic carbocycles. The number of carboxylic acids is 1. The smallest absolute Gasteiger partial charge is 0.306 e. The van der Waals surface area contributed by atoms with Crippen LogP contribution in [0.5, 0.6) is 0 Å². The molecule has 0 bridgehead atoms. The Morgan fingerprint density at radius 2 is 2.00 bits per heavy atom. The van der Waals surface area contributed by atoms with Crippen molar-refractivity contribution in [1.82, 2.24) is 0 Å². The molecule has 1 atom stereocenters. The van der Waals surface area contributed by atoms with Crippen LogP contribution >= 0.6 is 0 Å². The molecule has 0 amide bonds. The van der Waals surface area contributed by atoms with E-state index in [2.05, 4.69) is 13.8 Å². The molecule has 1 rings (SSSR count). The van der Waals surface area contributed by atoms with E-state index in [1.54, 1.807) is 0 Å². The zero-order valence-electron chi connectivity index (χ0n) is 12.9. The van der Waals surface area contributed by atoms with Gasteiger partial charge in [0.1, 0.15) is 0 Å². The minimum Gasteiger partial charge on any atom is -0.481 e. The van der Waals surface area contributed by atoms with Crippen molar-refractivity contribution in [3.63, 3.8) is 0 Å². The van der Waals surface area contributed by atoms with E-state index in [0.29, 0.717) is 44.8 Å². The van der Waals surface area contributed by atoms with E-state index in [1.165, 1.54) is 19.3 Å². The molecule has 0 aliphatic heterocycles. The molecule has 118 valence electrons. The molecule has 1 fully saturated rings. The summed E-state index contributed by atoms with van der Waals surface area (Å²) in [5.41, 5.74) is -0.811. The molecule has 20 heavy (non-hydrogen) atoms. The van der Waals surface area contributed by atoms with E-state index in [-0.39, 0.29) is 5.92 Å². The summed E-state index contributed by atoms with van der Waals surface area (Å²) >= 11 is 0. The highest BCUT2D eigenvalue weighted by molar-refractivity contribution is 5.70. The van der Waals surface area contributed by atoms with Gasteiger partial charge in [-0.05, 0) is 38.0 Å². The van der Waals surface area contributed by atoms with Crippen LogP contribution in [0.15, 0.2) is 0 Å².